The van der Waals surface area contributed by atoms with Crippen molar-refractivity contribution >= 4 is 5.91 Å². The Morgan fingerprint density at radius 2 is 2.21 bits per heavy atom. The predicted octanol–water partition coefficient (Wildman–Crippen LogP) is 0.896. The molecule has 2 rings (SSSR count). The molecule has 5 heteroatoms. The van der Waals surface area contributed by atoms with Crippen LogP contribution in [0.2, 0.25) is 0 Å². The van der Waals surface area contributed by atoms with Crippen LogP contribution in [0.1, 0.15) is 36.3 Å². The van der Waals surface area contributed by atoms with Gasteiger partial charge in [0.15, 0.2) is 0 Å². The van der Waals surface area contributed by atoms with E-state index in [1.54, 1.807) is 19.1 Å². The smallest absolute Gasteiger partial charge is 0.260 e. The van der Waals surface area contributed by atoms with Crippen LogP contribution in [-0.2, 0) is 0 Å². The lowest BCUT2D eigenvalue weighted by atomic mass is 10.2. The molecular weight excluding hydrogens is 242 g/mol. The van der Waals surface area contributed by atoms with Gasteiger partial charge >= 0.3 is 0 Å². The molecule has 1 aliphatic rings. The molecule has 104 valence electrons. The number of rotatable bonds is 3. The second-order valence-electron chi connectivity index (χ2n) is 5.43. The molecule has 2 heterocycles. The van der Waals surface area contributed by atoms with Gasteiger partial charge in [-0.25, -0.2) is 0 Å². The van der Waals surface area contributed by atoms with Crippen LogP contribution in [0.15, 0.2) is 16.9 Å². The summed E-state index contributed by atoms with van der Waals surface area (Å²) in [6, 6.07) is 3.95. The van der Waals surface area contributed by atoms with Crippen LogP contribution in [0.3, 0.4) is 0 Å². The van der Waals surface area contributed by atoms with Crippen molar-refractivity contribution in [2.75, 3.05) is 13.1 Å². The molecule has 19 heavy (non-hydrogen) atoms. The van der Waals surface area contributed by atoms with Crippen molar-refractivity contribution in [3.8, 4) is 0 Å². The average molecular weight is 263 g/mol. The molecule has 0 radical (unpaired) electrons. The van der Waals surface area contributed by atoms with E-state index in [1.165, 1.54) is 0 Å². The van der Waals surface area contributed by atoms with Gasteiger partial charge in [-0.15, -0.1) is 0 Å². The van der Waals surface area contributed by atoms with Crippen molar-refractivity contribution < 1.29 is 4.79 Å². The molecule has 0 spiro atoms. The van der Waals surface area contributed by atoms with E-state index < -0.39 is 0 Å². The number of aromatic nitrogens is 1. The van der Waals surface area contributed by atoms with E-state index in [0.29, 0.717) is 6.04 Å². The summed E-state index contributed by atoms with van der Waals surface area (Å²) < 4.78 is 0. The molecule has 1 aliphatic heterocycles. The Balaban J connectivity index is 2.00. The third-order valence-corrected chi connectivity index (χ3v) is 3.59. The average Bonchev–Trinajstić information content (AvgIpc) is 2.77. The van der Waals surface area contributed by atoms with Crippen molar-refractivity contribution in [1.29, 1.82) is 0 Å². The molecule has 0 unspecified atom stereocenters. The molecule has 1 fully saturated rings. The topological polar surface area (TPSA) is 65.2 Å². The van der Waals surface area contributed by atoms with E-state index in [0.717, 1.165) is 25.2 Å². The summed E-state index contributed by atoms with van der Waals surface area (Å²) in [7, 11) is 0. The van der Waals surface area contributed by atoms with Gasteiger partial charge in [0.05, 0.1) is 0 Å². The fourth-order valence-electron chi connectivity index (χ4n) is 2.39. The Hall–Kier alpha value is -1.62. The minimum Gasteiger partial charge on any atom is -0.348 e. The van der Waals surface area contributed by atoms with E-state index in [9.17, 15) is 9.59 Å². The fraction of sp³-hybridized carbons (Fsp3) is 0.571. The predicted molar refractivity (Wildman–Crippen MR) is 74.4 cm³/mol. The first-order valence-corrected chi connectivity index (χ1v) is 6.72. The van der Waals surface area contributed by atoms with Gasteiger partial charge in [-0.2, -0.15) is 0 Å². The summed E-state index contributed by atoms with van der Waals surface area (Å²) >= 11 is 0. The van der Waals surface area contributed by atoms with E-state index in [4.69, 9.17) is 0 Å². The first kappa shape index (κ1) is 13.8. The number of aromatic amines is 1. The highest BCUT2D eigenvalue weighted by molar-refractivity contribution is 5.94. The summed E-state index contributed by atoms with van der Waals surface area (Å²) in [5.41, 5.74) is 0.623. The SMILES string of the molecule is Cc1ccc(C(=O)N[C@@H]2CCN(C(C)C)C2)c(=O)[nH]1. The van der Waals surface area contributed by atoms with Gasteiger partial charge in [-0.05, 0) is 39.3 Å². The molecule has 1 aromatic rings. The second-order valence-corrected chi connectivity index (χ2v) is 5.43. The Bertz CT molecular complexity index is 522. The molecular formula is C14H21N3O2. The second kappa shape index (κ2) is 5.57. The third-order valence-electron chi connectivity index (χ3n) is 3.59. The quantitative estimate of drug-likeness (QED) is 0.851. The van der Waals surface area contributed by atoms with E-state index >= 15 is 0 Å². The van der Waals surface area contributed by atoms with E-state index in [1.807, 2.05) is 0 Å². The maximum atomic E-state index is 12.1. The molecule has 2 N–H and O–H groups in total. The summed E-state index contributed by atoms with van der Waals surface area (Å²) in [6.07, 6.45) is 0.938. The molecule has 0 aromatic carbocycles. The number of carbonyl (C=O) groups excluding carboxylic acids is 1. The highest BCUT2D eigenvalue weighted by atomic mass is 16.2. The zero-order valence-corrected chi connectivity index (χ0v) is 11.7. The number of amides is 1. The van der Waals surface area contributed by atoms with Crippen LogP contribution in [0.4, 0.5) is 0 Å². The largest absolute Gasteiger partial charge is 0.348 e. The van der Waals surface area contributed by atoms with Gasteiger partial charge in [0.25, 0.3) is 11.5 Å². The molecule has 1 atom stereocenters. The molecule has 1 saturated heterocycles. The summed E-state index contributed by atoms with van der Waals surface area (Å²) in [4.78, 5) is 28.7. The molecule has 0 aliphatic carbocycles. The maximum Gasteiger partial charge on any atom is 0.260 e. The van der Waals surface area contributed by atoms with Crippen molar-refractivity contribution in [2.45, 2.75) is 39.3 Å². The number of pyridine rings is 1. The molecule has 1 aromatic heterocycles. The number of nitrogens with zero attached hydrogens (tertiary/aromatic N) is 1. The summed E-state index contributed by atoms with van der Waals surface area (Å²) in [6.45, 7) is 7.93. The number of hydrogen-bond donors (Lipinski definition) is 2. The fourth-order valence-corrected chi connectivity index (χ4v) is 2.39. The van der Waals surface area contributed by atoms with Crippen molar-refractivity contribution in [2.24, 2.45) is 0 Å². The van der Waals surface area contributed by atoms with Crippen molar-refractivity contribution in [3.63, 3.8) is 0 Å². The van der Waals surface area contributed by atoms with Crippen LogP contribution in [0.5, 0.6) is 0 Å². The molecule has 0 saturated carbocycles. The standard InChI is InChI=1S/C14H21N3O2/c1-9(2)17-7-6-11(8-17)16-14(19)12-5-4-10(3)15-13(12)18/h4-5,9,11H,6-8H2,1-3H3,(H,15,18)(H,16,19)/t11-/m1/s1. The van der Waals surface area contributed by atoms with Crippen molar-refractivity contribution in [1.82, 2.24) is 15.2 Å². The summed E-state index contributed by atoms with van der Waals surface area (Å²) in [5.74, 6) is -0.281. The number of likely N-dealkylation sites (tertiary alicyclic amines) is 1. The van der Waals surface area contributed by atoms with Crippen LogP contribution in [-0.4, -0.2) is 41.0 Å². The number of nitrogens with one attached hydrogen (secondary N) is 2. The summed E-state index contributed by atoms with van der Waals surface area (Å²) in [5, 5.41) is 2.94. The lowest BCUT2D eigenvalue weighted by Crippen LogP contribution is -2.40. The minimum atomic E-state index is -0.323. The number of carbonyl (C=O) groups is 1. The Labute approximate surface area is 113 Å². The first-order valence-electron chi connectivity index (χ1n) is 6.72. The number of H-pyrrole nitrogens is 1. The van der Waals surface area contributed by atoms with Crippen LogP contribution in [0, 0.1) is 6.92 Å². The minimum absolute atomic E-state index is 0.135. The van der Waals surface area contributed by atoms with E-state index in [2.05, 4.69) is 29.0 Å². The van der Waals surface area contributed by atoms with Crippen LogP contribution >= 0.6 is 0 Å². The number of aryl methyl sites for hydroxylation is 1. The lowest BCUT2D eigenvalue weighted by Gasteiger charge is -2.20. The maximum absolute atomic E-state index is 12.1. The monoisotopic (exact) mass is 263 g/mol. The Morgan fingerprint density at radius 3 is 2.79 bits per heavy atom. The zero-order chi connectivity index (χ0) is 14.0. The zero-order valence-electron chi connectivity index (χ0n) is 11.7. The lowest BCUT2D eigenvalue weighted by molar-refractivity contribution is 0.0935. The van der Waals surface area contributed by atoms with Gasteiger partial charge < -0.3 is 10.3 Å². The van der Waals surface area contributed by atoms with Gasteiger partial charge in [0.1, 0.15) is 5.56 Å². The Kier molecular flexibility index (Phi) is 4.04. The van der Waals surface area contributed by atoms with Gasteiger partial charge in [0, 0.05) is 30.9 Å². The molecule has 1 amide bonds. The van der Waals surface area contributed by atoms with Crippen LogP contribution in [0.25, 0.3) is 0 Å². The van der Waals surface area contributed by atoms with Crippen LogP contribution < -0.4 is 10.9 Å². The van der Waals surface area contributed by atoms with Gasteiger partial charge in [-0.3, -0.25) is 14.5 Å². The Morgan fingerprint density at radius 1 is 1.47 bits per heavy atom. The molecule has 5 nitrogen and oxygen atoms in total. The first-order chi connectivity index (χ1) is 8.97. The highest BCUT2D eigenvalue weighted by Crippen LogP contribution is 2.12. The van der Waals surface area contributed by atoms with E-state index in [-0.39, 0.29) is 23.1 Å². The van der Waals surface area contributed by atoms with Crippen molar-refractivity contribution in [3.05, 3.63) is 33.7 Å². The van der Waals surface area contributed by atoms with Gasteiger partial charge in [-0.1, -0.05) is 0 Å². The highest BCUT2D eigenvalue weighted by Gasteiger charge is 2.26. The normalized spacial score (nSPS) is 19.9. The van der Waals surface area contributed by atoms with Gasteiger partial charge in [0.2, 0.25) is 0 Å². The third kappa shape index (κ3) is 3.23. The number of hydrogen-bond acceptors (Lipinski definition) is 3. The molecule has 0 bridgehead atoms.